The number of rotatable bonds is 6. The third-order valence-corrected chi connectivity index (χ3v) is 3.59. The molecule has 1 rings (SSSR count). The number of halogens is 1. The highest BCUT2D eigenvalue weighted by Crippen LogP contribution is 2.19. The first-order chi connectivity index (χ1) is 9.90. The Labute approximate surface area is 123 Å². The first-order valence-electron chi connectivity index (χ1n) is 6.99. The minimum Gasteiger partial charge on any atom is -0.478 e. The number of amides is 2. The molecule has 0 radical (unpaired) electrons. The Morgan fingerprint density at radius 1 is 1.29 bits per heavy atom. The molecule has 3 N–H and O–H groups in total. The summed E-state index contributed by atoms with van der Waals surface area (Å²) in [5.41, 5.74) is -0.598. The van der Waals surface area contributed by atoms with Crippen LogP contribution < -0.4 is 10.6 Å². The van der Waals surface area contributed by atoms with Crippen LogP contribution in [0.15, 0.2) is 18.2 Å². The lowest BCUT2D eigenvalue weighted by atomic mass is 9.96. The van der Waals surface area contributed by atoms with Crippen molar-refractivity contribution in [3.63, 3.8) is 0 Å². The zero-order valence-corrected chi connectivity index (χ0v) is 12.4. The van der Waals surface area contributed by atoms with Crippen molar-refractivity contribution in [3.8, 4) is 0 Å². The van der Waals surface area contributed by atoms with Gasteiger partial charge >= 0.3 is 12.0 Å². The fourth-order valence-electron chi connectivity index (χ4n) is 2.32. The Morgan fingerprint density at radius 3 is 2.43 bits per heavy atom. The summed E-state index contributed by atoms with van der Waals surface area (Å²) in [6, 6.07) is 3.15. The average molecular weight is 296 g/mol. The number of aromatic carboxylic acids is 1. The van der Waals surface area contributed by atoms with Crippen molar-refractivity contribution < 1.29 is 19.1 Å². The van der Waals surface area contributed by atoms with Gasteiger partial charge in [0.1, 0.15) is 11.4 Å². The Bertz CT molecular complexity index is 516. The summed E-state index contributed by atoms with van der Waals surface area (Å²) in [4.78, 5) is 22.9. The van der Waals surface area contributed by atoms with Crippen LogP contribution >= 0.6 is 0 Å². The minimum atomic E-state index is -1.42. The van der Waals surface area contributed by atoms with Crippen LogP contribution in [-0.4, -0.2) is 23.1 Å². The first kappa shape index (κ1) is 16.9. The summed E-state index contributed by atoms with van der Waals surface area (Å²) < 4.78 is 13.5. The van der Waals surface area contributed by atoms with E-state index in [0.29, 0.717) is 5.92 Å². The number of hydrogen-bond donors (Lipinski definition) is 3. The summed E-state index contributed by atoms with van der Waals surface area (Å²) in [6.45, 7) is 5.97. The smallest absolute Gasteiger partial charge is 0.340 e. The van der Waals surface area contributed by atoms with Crippen LogP contribution in [0, 0.1) is 11.7 Å². The number of carbonyl (C=O) groups is 2. The van der Waals surface area contributed by atoms with Crippen LogP contribution in [0.5, 0.6) is 0 Å². The van der Waals surface area contributed by atoms with Crippen LogP contribution in [-0.2, 0) is 0 Å². The van der Waals surface area contributed by atoms with Gasteiger partial charge in [-0.3, -0.25) is 0 Å². The highest BCUT2D eigenvalue weighted by molar-refractivity contribution is 6.00. The van der Waals surface area contributed by atoms with E-state index in [4.69, 9.17) is 5.11 Å². The average Bonchev–Trinajstić information content (AvgIpc) is 2.39. The molecule has 1 aromatic rings. The zero-order valence-electron chi connectivity index (χ0n) is 12.4. The molecule has 0 saturated carbocycles. The van der Waals surface area contributed by atoms with Crippen LogP contribution in [0.2, 0.25) is 0 Å². The van der Waals surface area contributed by atoms with Crippen molar-refractivity contribution in [2.24, 2.45) is 5.92 Å². The SMILES string of the molecule is CCC(CC)C(C)NC(=O)Nc1cccc(F)c1C(=O)O. The molecule has 0 aromatic heterocycles. The lowest BCUT2D eigenvalue weighted by Crippen LogP contribution is -2.40. The van der Waals surface area contributed by atoms with Crippen molar-refractivity contribution in [2.45, 2.75) is 39.7 Å². The predicted octanol–water partition coefficient (Wildman–Crippen LogP) is 3.47. The Morgan fingerprint density at radius 2 is 1.90 bits per heavy atom. The second kappa shape index (κ2) is 7.61. The van der Waals surface area contributed by atoms with Gasteiger partial charge < -0.3 is 15.7 Å². The van der Waals surface area contributed by atoms with Gasteiger partial charge in [0.25, 0.3) is 0 Å². The maximum atomic E-state index is 13.5. The molecule has 1 unspecified atom stereocenters. The summed E-state index contributed by atoms with van der Waals surface area (Å²) in [6.07, 6.45) is 1.86. The van der Waals surface area contributed by atoms with Crippen molar-refractivity contribution in [1.29, 1.82) is 0 Å². The van der Waals surface area contributed by atoms with Crippen LogP contribution in [0.1, 0.15) is 44.0 Å². The standard InChI is InChI=1S/C15H21FN2O3/c1-4-10(5-2)9(3)17-15(21)18-12-8-6-7-11(16)13(12)14(19)20/h6-10H,4-5H2,1-3H3,(H,19,20)(H2,17,18,21). The number of nitrogens with one attached hydrogen (secondary N) is 2. The molecule has 0 heterocycles. The fourth-order valence-corrected chi connectivity index (χ4v) is 2.32. The van der Waals surface area contributed by atoms with Gasteiger partial charge in [0.15, 0.2) is 0 Å². The van der Waals surface area contributed by atoms with E-state index >= 15 is 0 Å². The Hall–Kier alpha value is -2.11. The maximum absolute atomic E-state index is 13.5. The number of carbonyl (C=O) groups excluding carboxylic acids is 1. The molecule has 0 aliphatic rings. The Balaban J connectivity index is 2.80. The topological polar surface area (TPSA) is 78.4 Å². The molecule has 21 heavy (non-hydrogen) atoms. The third-order valence-electron chi connectivity index (χ3n) is 3.59. The van der Waals surface area contributed by atoms with Crippen molar-refractivity contribution in [1.82, 2.24) is 5.32 Å². The molecule has 0 bridgehead atoms. The van der Waals surface area contributed by atoms with Gasteiger partial charge in [0.2, 0.25) is 0 Å². The number of hydrogen-bond acceptors (Lipinski definition) is 2. The monoisotopic (exact) mass is 296 g/mol. The zero-order chi connectivity index (χ0) is 16.0. The molecule has 1 aromatic carbocycles. The van der Waals surface area contributed by atoms with Crippen molar-refractivity contribution >= 4 is 17.7 Å². The van der Waals surface area contributed by atoms with E-state index in [1.807, 2.05) is 20.8 Å². The van der Waals surface area contributed by atoms with Crippen molar-refractivity contribution in [2.75, 3.05) is 5.32 Å². The summed E-state index contributed by atoms with van der Waals surface area (Å²) in [5, 5.41) is 14.1. The Kier molecular flexibility index (Phi) is 6.14. The first-order valence-corrected chi connectivity index (χ1v) is 6.99. The second-order valence-electron chi connectivity index (χ2n) is 4.93. The molecule has 116 valence electrons. The number of carboxylic acid groups (broad SMARTS) is 1. The number of anilines is 1. The minimum absolute atomic E-state index is 0.0539. The quantitative estimate of drug-likeness (QED) is 0.752. The van der Waals surface area contributed by atoms with Crippen LogP contribution in [0.4, 0.5) is 14.9 Å². The van der Waals surface area contributed by atoms with Gasteiger partial charge in [0.05, 0.1) is 5.69 Å². The summed E-state index contributed by atoms with van der Waals surface area (Å²) >= 11 is 0. The van der Waals surface area contributed by atoms with E-state index in [1.165, 1.54) is 12.1 Å². The van der Waals surface area contributed by atoms with Crippen LogP contribution in [0.25, 0.3) is 0 Å². The third kappa shape index (κ3) is 4.44. The maximum Gasteiger partial charge on any atom is 0.340 e. The van der Waals surface area contributed by atoms with E-state index in [2.05, 4.69) is 10.6 Å². The van der Waals surface area contributed by atoms with Gasteiger partial charge in [0, 0.05) is 6.04 Å². The normalized spacial score (nSPS) is 12.0. The molecular formula is C15H21FN2O3. The summed E-state index contributed by atoms with van der Waals surface area (Å²) in [5.74, 6) is -1.97. The predicted molar refractivity (Wildman–Crippen MR) is 79.0 cm³/mol. The molecule has 1 atom stereocenters. The second-order valence-corrected chi connectivity index (χ2v) is 4.93. The molecule has 0 aliphatic carbocycles. The van der Waals surface area contributed by atoms with Gasteiger partial charge in [-0.2, -0.15) is 0 Å². The molecule has 0 aliphatic heterocycles. The number of carboxylic acids is 1. The van der Waals surface area contributed by atoms with E-state index in [-0.39, 0.29) is 11.7 Å². The highest BCUT2D eigenvalue weighted by Gasteiger charge is 2.19. The lowest BCUT2D eigenvalue weighted by Gasteiger charge is -2.22. The highest BCUT2D eigenvalue weighted by atomic mass is 19.1. The fraction of sp³-hybridized carbons (Fsp3) is 0.467. The van der Waals surface area contributed by atoms with E-state index in [0.717, 1.165) is 18.9 Å². The molecular weight excluding hydrogens is 275 g/mol. The molecule has 2 amide bonds. The lowest BCUT2D eigenvalue weighted by molar-refractivity contribution is 0.0693. The molecule has 6 heteroatoms. The number of urea groups is 1. The van der Waals surface area contributed by atoms with E-state index < -0.39 is 23.4 Å². The number of benzene rings is 1. The molecule has 0 fully saturated rings. The molecule has 5 nitrogen and oxygen atoms in total. The summed E-state index contributed by atoms with van der Waals surface area (Å²) in [7, 11) is 0. The largest absolute Gasteiger partial charge is 0.478 e. The van der Waals surface area contributed by atoms with Gasteiger partial charge in [-0.05, 0) is 25.0 Å². The van der Waals surface area contributed by atoms with Crippen molar-refractivity contribution in [3.05, 3.63) is 29.6 Å². The van der Waals surface area contributed by atoms with Gasteiger partial charge in [-0.1, -0.05) is 32.8 Å². The molecule has 0 saturated heterocycles. The van der Waals surface area contributed by atoms with E-state index in [1.54, 1.807) is 0 Å². The van der Waals surface area contributed by atoms with Crippen LogP contribution in [0.3, 0.4) is 0 Å². The van der Waals surface area contributed by atoms with Gasteiger partial charge in [-0.25, -0.2) is 14.0 Å². The molecule has 0 spiro atoms. The van der Waals surface area contributed by atoms with E-state index in [9.17, 15) is 14.0 Å². The van der Waals surface area contributed by atoms with Gasteiger partial charge in [-0.15, -0.1) is 0 Å².